The maximum atomic E-state index is 12.5. The van der Waals surface area contributed by atoms with E-state index in [0.717, 1.165) is 6.26 Å². The monoisotopic (exact) mass is 352 g/mol. The molecule has 1 N–H and O–H groups in total. The molecule has 8 nitrogen and oxygen atoms in total. The van der Waals surface area contributed by atoms with Gasteiger partial charge in [-0.2, -0.15) is 4.31 Å². The van der Waals surface area contributed by atoms with Crippen molar-refractivity contribution in [3.05, 3.63) is 30.1 Å². The molecule has 0 spiro atoms. The van der Waals surface area contributed by atoms with Crippen molar-refractivity contribution in [2.45, 2.75) is 18.5 Å². The van der Waals surface area contributed by atoms with Crippen LogP contribution in [0.4, 0.5) is 0 Å². The van der Waals surface area contributed by atoms with Crippen LogP contribution in [0.5, 0.6) is 0 Å². The number of carbonyl (C=O) groups is 2. The molecule has 0 aromatic carbocycles. The molecular weight excluding hydrogens is 332 g/mol. The predicted molar refractivity (Wildman–Crippen MR) is 86.6 cm³/mol. The molecule has 0 aliphatic carbocycles. The van der Waals surface area contributed by atoms with Crippen LogP contribution >= 0.6 is 0 Å². The van der Waals surface area contributed by atoms with Crippen molar-refractivity contribution in [2.24, 2.45) is 5.92 Å². The topological polar surface area (TPSA) is 99.7 Å². The second kappa shape index (κ2) is 6.14. The number of hydrogen-bond acceptors (Lipinski definition) is 5. The number of nitrogens with one attached hydrogen (secondary N) is 1. The number of nitrogens with zero attached hydrogens (tertiary/aromatic N) is 3. The summed E-state index contributed by atoms with van der Waals surface area (Å²) >= 11 is 0. The lowest BCUT2D eigenvalue weighted by molar-refractivity contribution is -0.124. The van der Waals surface area contributed by atoms with Crippen LogP contribution in [0.25, 0.3) is 0 Å². The smallest absolute Gasteiger partial charge is 0.272 e. The minimum absolute atomic E-state index is 0.0466. The Hall–Kier alpha value is -2.00. The van der Waals surface area contributed by atoms with Crippen LogP contribution < -0.4 is 5.32 Å². The van der Waals surface area contributed by atoms with E-state index in [1.54, 1.807) is 29.3 Å². The van der Waals surface area contributed by atoms with Crippen LogP contribution in [-0.4, -0.2) is 72.9 Å². The number of amides is 2. The van der Waals surface area contributed by atoms with Gasteiger partial charge in [0, 0.05) is 32.4 Å². The number of likely N-dealkylation sites (N-methyl/N-ethyl adjacent to an activating group) is 1. The highest BCUT2D eigenvalue weighted by Crippen LogP contribution is 2.37. The summed E-state index contributed by atoms with van der Waals surface area (Å²) in [6.07, 6.45) is 3.08. The molecule has 0 bridgehead atoms. The Morgan fingerprint density at radius 1 is 1.29 bits per heavy atom. The van der Waals surface area contributed by atoms with Crippen molar-refractivity contribution < 1.29 is 18.0 Å². The van der Waals surface area contributed by atoms with Gasteiger partial charge in [0.05, 0.1) is 6.26 Å². The van der Waals surface area contributed by atoms with E-state index in [9.17, 15) is 18.0 Å². The van der Waals surface area contributed by atoms with E-state index in [1.165, 1.54) is 11.4 Å². The van der Waals surface area contributed by atoms with E-state index in [2.05, 4.69) is 10.3 Å². The van der Waals surface area contributed by atoms with Crippen LogP contribution in [0, 0.1) is 5.92 Å². The van der Waals surface area contributed by atoms with Crippen LogP contribution in [-0.2, 0) is 14.8 Å². The molecule has 2 aliphatic rings. The summed E-state index contributed by atoms with van der Waals surface area (Å²) in [5.41, 5.74) is 0.339. The fourth-order valence-corrected chi connectivity index (χ4v) is 5.05. The van der Waals surface area contributed by atoms with Crippen LogP contribution in [0.15, 0.2) is 24.4 Å². The molecule has 24 heavy (non-hydrogen) atoms. The molecular formula is C15H20N4O4S. The van der Waals surface area contributed by atoms with Crippen molar-refractivity contribution in [1.82, 2.24) is 19.5 Å². The van der Waals surface area contributed by atoms with Crippen LogP contribution in [0.1, 0.15) is 16.9 Å². The van der Waals surface area contributed by atoms with E-state index in [0.29, 0.717) is 18.7 Å². The first kappa shape index (κ1) is 16.8. The quantitative estimate of drug-likeness (QED) is 0.776. The minimum Gasteiger partial charge on any atom is -0.358 e. The van der Waals surface area contributed by atoms with E-state index < -0.39 is 16.1 Å². The first-order valence-electron chi connectivity index (χ1n) is 7.73. The van der Waals surface area contributed by atoms with Crippen molar-refractivity contribution in [2.75, 3.05) is 26.4 Å². The fourth-order valence-electron chi connectivity index (χ4n) is 3.68. The maximum Gasteiger partial charge on any atom is 0.272 e. The van der Waals surface area contributed by atoms with Gasteiger partial charge in [-0.1, -0.05) is 6.07 Å². The van der Waals surface area contributed by atoms with Crippen molar-refractivity contribution >= 4 is 21.8 Å². The number of rotatable bonds is 3. The summed E-state index contributed by atoms with van der Waals surface area (Å²) < 4.78 is 25.6. The molecule has 9 heteroatoms. The molecule has 130 valence electrons. The molecule has 1 aromatic rings. The normalized spacial score (nSPS) is 27.1. The maximum absolute atomic E-state index is 12.5. The predicted octanol–water partition coefficient (Wildman–Crippen LogP) is -0.698. The van der Waals surface area contributed by atoms with Crippen molar-refractivity contribution in [3.63, 3.8) is 0 Å². The Kier molecular flexibility index (Phi) is 4.31. The average Bonchev–Trinajstić information content (AvgIpc) is 3.10. The summed E-state index contributed by atoms with van der Waals surface area (Å²) in [4.78, 5) is 30.2. The van der Waals surface area contributed by atoms with E-state index in [1.807, 2.05) is 0 Å². The molecule has 2 fully saturated rings. The van der Waals surface area contributed by atoms with Gasteiger partial charge in [0.2, 0.25) is 15.9 Å². The Labute approximate surface area is 140 Å². The van der Waals surface area contributed by atoms with Gasteiger partial charge in [-0.25, -0.2) is 8.42 Å². The second-order valence-electron chi connectivity index (χ2n) is 6.21. The van der Waals surface area contributed by atoms with Gasteiger partial charge in [-0.15, -0.1) is 0 Å². The van der Waals surface area contributed by atoms with E-state index in [-0.39, 0.29) is 30.3 Å². The number of sulfonamides is 1. The minimum atomic E-state index is -3.56. The summed E-state index contributed by atoms with van der Waals surface area (Å²) in [6.45, 7) is 0.709. The molecule has 2 amide bonds. The standard InChI is InChI=1S/C15H20N4O4S/c1-16-14(20)12-7-10-8-18(9-13(10)19(12)24(2,22)23)15(21)11-5-3-4-6-17-11/h3-6,10,12-13H,7-9H2,1-2H3,(H,16,20)/t10-,12-,13+/m0/s1. The van der Waals surface area contributed by atoms with Gasteiger partial charge < -0.3 is 10.2 Å². The third-order valence-corrected chi connectivity index (χ3v) is 5.96. The Bertz CT molecular complexity index is 752. The van der Waals surface area contributed by atoms with E-state index in [4.69, 9.17) is 0 Å². The Morgan fingerprint density at radius 3 is 2.62 bits per heavy atom. The zero-order valence-electron chi connectivity index (χ0n) is 13.5. The molecule has 3 atom stereocenters. The number of pyridine rings is 1. The molecule has 0 saturated carbocycles. The molecule has 2 aliphatic heterocycles. The highest BCUT2D eigenvalue weighted by Gasteiger charge is 2.53. The largest absolute Gasteiger partial charge is 0.358 e. The average molecular weight is 352 g/mol. The third-order valence-electron chi connectivity index (χ3n) is 4.67. The highest BCUT2D eigenvalue weighted by molar-refractivity contribution is 7.88. The molecule has 2 saturated heterocycles. The molecule has 3 heterocycles. The summed E-state index contributed by atoms with van der Waals surface area (Å²) in [5, 5.41) is 2.52. The van der Waals surface area contributed by atoms with Crippen LogP contribution in [0.3, 0.4) is 0 Å². The lowest BCUT2D eigenvalue weighted by Gasteiger charge is -2.27. The van der Waals surface area contributed by atoms with Gasteiger partial charge in [0.15, 0.2) is 0 Å². The lowest BCUT2D eigenvalue weighted by Crippen LogP contribution is -2.49. The molecule has 1 aromatic heterocycles. The van der Waals surface area contributed by atoms with Crippen LogP contribution in [0.2, 0.25) is 0 Å². The molecule has 3 rings (SSSR count). The van der Waals surface area contributed by atoms with Gasteiger partial charge >= 0.3 is 0 Å². The van der Waals surface area contributed by atoms with Gasteiger partial charge in [-0.3, -0.25) is 14.6 Å². The fraction of sp³-hybridized carbons (Fsp3) is 0.533. The number of carbonyl (C=O) groups excluding carboxylic acids is 2. The number of aromatic nitrogens is 1. The third kappa shape index (κ3) is 2.89. The Balaban J connectivity index is 1.82. The summed E-state index contributed by atoms with van der Waals surface area (Å²) in [7, 11) is -2.06. The number of hydrogen-bond donors (Lipinski definition) is 1. The van der Waals surface area contributed by atoms with Crippen molar-refractivity contribution in [1.29, 1.82) is 0 Å². The van der Waals surface area contributed by atoms with Crippen molar-refractivity contribution in [3.8, 4) is 0 Å². The zero-order valence-corrected chi connectivity index (χ0v) is 14.4. The highest BCUT2D eigenvalue weighted by atomic mass is 32.2. The number of likely N-dealkylation sites (tertiary alicyclic amines) is 1. The molecule has 0 radical (unpaired) electrons. The Morgan fingerprint density at radius 2 is 2.04 bits per heavy atom. The second-order valence-corrected chi connectivity index (χ2v) is 8.10. The SMILES string of the molecule is CNC(=O)[C@@H]1C[C@H]2CN(C(=O)c3ccccn3)C[C@H]2N1S(C)(=O)=O. The number of fused-ring (bicyclic) bond motifs is 1. The molecule has 0 unspecified atom stereocenters. The zero-order chi connectivity index (χ0) is 17.5. The summed E-state index contributed by atoms with van der Waals surface area (Å²) in [5.74, 6) is -0.568. The first-order valence-corrected chi connectivity index (χ1v) is 9.58. The van der Waals surface area contributed by atoms with Gasteiger partial charge in [0.25, 0.3) is 5.91 Å². The van der Waals surface area contributed by atoms with E-state index >= 15 is 0 Å². The van der Waals surface area contributed by atoms with Gasteiger partial charge in [0.1, 0.15) is 11.7 Å². The lowest BCUT2D eigenvalue weighted by atomic mass is 10.0. The summed E-state index contributed by atoms with van der Waals surface area (Å²) in [6, 6.07) is 4.04. The van der Waals surface area contributed by atoms with Gasteiger partial charge in [-0.05, 0) is 24.5 Å². The first-order chi connectivity index (χ1) is 11.3.